The van der Waals surface area contributed by atoms with Crippen LogP contribution in [0.25, 0.3) is 0 Å². The van der Waals surface area contributed by atoms with E-state index in [9.17, 15) is 0 Å². The molecule has 94 valence electrons. The van der Waals surface area contributed by atoms with Gasteiger partial charge in [-0.05, 0) is 31.4 Å². The molecular formula is C14H21NOS. The Morgan fingerprint density at radius 2 is 2.29 bits per heavy atom. The molecule has 1 N–H and O–H groups in total. The maximum atomic E-state index is 5.57. The van der Waals surface area contributed by atoms with Gasteiger partial charge in [0.25, 0.3) is 0 Å². The van der Waals surface area contributed by atoms with Gasteiger partial charge in [-0.2, -0.15) is 0 Å². The van der Waals surface area contributed by atoms with E-state index in [4.69, 9.17) is 4.74 Å². The van der Waals surface area contributed by atoms with Crippen LogP contribution in [0.3, 0.4) is 0 Å². The van der Waals surface area contributed by atoms with Crippen molar-refractivity contribution < 1.29 is 4.74 Å². The summed E-state index contributed by atoms with van der Waals surface area (Å²) in [5.41, 5.74) is 1.37. The van der Waals surface area contributed by atoms with Crippen LogP contribution in [0.5, 0.6) is 0 Å². The van der Waals surface area contributed by atoms with Gasteiger partial charge in [-0.15, -0.1) is 11.8 Å². The molecule has 0 aromatic heterocycles. The maximum Gasteiger partial charge on any atom is 0.0700 e. The fourth-order valence-corrected chi connectivity index (χ4v) is 2.96. The SMILES string of the molecule is Cc1ccccc1SCCNCC1CCCO1. The van der Waals surface area contributed by atoms with Crippen LogP contribution >= 0.6 is 11.8 Å². The molecular weight excluding hydrogens is 230 g/mol. The lowest BCUT2D eigenvalue weighted by molar-refractivity contribution is 0.110. The lowest BCUT2D eigenvalue weighted by atomic mass is 10.2. The third kappa shape index (κ3) is 4.34. The Kier molecular flexibility index (Phi) is 5.36. The van der Waals surface area contributed by atoms with Crippen molar-refractivity contribution in [3.05, 3.63) is 29.8 Å². The number of hydrogen-bond donors (Lipinski definition) is 1. The normalized spacial score (nSPS) is 19.7. The predicted molar refractivity (Wildman–Crippen MR) is 73.7 cm³/mol. The zero-order valence-electron chi connectivity index (χ0n) is 10.4. The lowest BCUT2D eigenvalue weighted by Gasteiger charge is -2.10. The molecule has 3 heteroatoms. The van der Waals surface area contributed by atoms with E-state index in [1.165, 1.54) is 23.3 Å². The summed E-state index contributed by atoms with van der Waals surface area (Å²) in [5, 5.41) is 3.47. The zero-order valence-corrected chi connectivity index (χ0v) is 11.3. The first kappa shape index (κ1) is 12.9. The van der Waals surface area contributed by atoms with Crippen molar-refractivity contribution >= 4 is 11.8 Å². The molecule has 1 atom stereocenters. The Morgan fingerprint density at radius 3 is 3.06 bits per heavy atom. The number of benzene rings is 1. The van der Waals surface area contributed by atoms with Crippen molar-refractivity contribution in [1.29, 1.82) is 0 Å². The van der Waals surface area contributed by atoms with Crippen LogP contribution in [-0.4, -0.2) is 31.6 Å². The van der Waals surface area contributed by atoms with Gasteiger partial charge in [0, 0.05) is 30.3 Å². The Hall–Kier alpha value is -0.510. The number of aryl methyl sites for hydroxylation is 1. The molecule has 1 aromatic carbocycles. The summed E-state index contributed by atoms with van der Waals surface area (Å²) in [4.78, 5) is 1.39. The number of ether oxygens (including phenoxy) is 1. The average molecular weight is 251 g/mol. The van der Waals surface area contributed by atoms with E-state index in [-0.39, 0.29) is 0 Å². The Balaban J connectivity index is 1.58. The summed E-state index contributed by atoms with van der Waals surface area (Å²) in [6, 6.07) is 8.56. The zero-order chi connectivity index (χ0) is 11.9. The lowest BCUT2D eigenvalue weighted by Crippen LogP contribution is -2.27. The average Bonchev–Trinajstić information content (AvgIpc) is 2.84. The maximum absolute atomic E-state index is 5.57. The van der Waals surface area contributed by atoms with Gasteiger partial charge in [0.1, 0.15) is 0 Å². The predicted octanol–water partition coefficient (Wildman–Crippen LogP) is 2.86. The number of hydrogen-bond acceptors (Lipinski definition) is 3. The Bertz CT molecular complexity index is 337. The molecule has 1 heterocycles. The second-order valence-electron chi connectivity index (χ2n) is 4.45. The van der Waals surface area contributed by atoms with Gasteiger partial charge in [0.2, 0.25) is 0 Å². The van der Waals surface area contributed by atoms with Gasteiger partial charge < -0.3 is 10.1 Å². The minimum atomic E-state index is 0.457. The number of rotatable bonds is 6. The fourth-order valence-electron chi connectivity index (χ4n) is 2.02. The molecule has 0 amide bonds. The summed E-state index contributed by atoms with van der Waals surface area (Å²) in [6.07, 6.45) is 2.90. The van der Waals surface area contributed by atoms with E-state index < -0.39 is 0 Å². The van der Waals surface area contributed by atoms with Crippen molar-refractivity contribution in [2.75, 3.05) is 25.4 Å². The molecule has 2 nitrogen and oxygen atoms in total. The molecule has 1 saturated heterocycles. The first-order chi connectivity index (χ1) is 8.36. The van der Waals surface area contributed by atoms with Gasteiger partial charge in [0.05, 0.1) is 6.10 Å². The highest BCUT2D eigenvalue weighted by atomic mass is 32.2. The molecule has 1 aliphatic heterocycles. The molecule has 2 rings (SSSR count). The van der Waals surface area contributed by atoms with Crippen LogP contribution in [0, 0.1) is 6.92 Å². The van der Waals surface area contributed by atoms with Gasteiger partial charge in [-0.3, -0.25) is 0 Å². The summed E-state index contributed by atoms with van der Waals surface area (Å²) in [5.74, 6) is 1.12. The Morgan fingerprint density at radius 1 is 1.41 bits per heavy atom. The van der Waals surface area contributed by atoms with E-state index in [0.717, 1.165) is 25.4 Å². The molecule has 0 saturated carbocycles. The highest BCUT2D eigenvalue weighted by Gasteiger charge is 2.14. The van der Waals surface area contributed by atoms with Crippen LogP contribution in [-0.2, 0) is 4.74 Å². The van der Waals surface area contributed by atoms with E-state index in [1.54, 1.807) is 0 Å². The fraction of sp³-hybridized carbons (Fsp3) is 0.571. The third-order valence-corrected chi connectivity index (χ3v) is 4.20. The van der Waals surface area contributed by atoms with Crippen molar-refractivity contribution in [2.45, 2.75) is 30.8 Å². The van der Waals surface area contributed by atoms with Crippen molar-refractivity contribution in [3.8, 4) is 0 Å². The van der Waals surface area contributed by atoms with E-state index in [0.29, 0.717) is 6.10 Å². The highest BCUT2D eigenvalue weighted by Crippen LogP contribution is 2.20. The van der Waals surface area contributed by atoms with E-state index in [2.05, 4.69) is 36.5 Å². The van der Waals surface area contributed by atoms with Crippen LogP contribution in [0.2, 0.25) is 0 Å². The molecule has 0 bridgehead atoms. The van der Waals surface area contributed by atoms with Crippen molar-refractivity contribution in [1.82, 2.24) is 5.32 Å². The molecule has 1 aliphatic rings. The second kappa shape index (κ2) is 7.04. The van der Waals surface area contributed by atoms with E-state index in [1.807, 2.05) is 11.8 Å². The van der Waals surface area contributed by atoms with Crippen LogP contribution in [0.4, 0.5) is 0 Å². The molecule has 1 fully saturated rings. The Labute approximate surface area is 108 Å². The largest absolute Gasteiger partial charge is 0.377 e. The van der Waals surface area contributed by atoms with Crippen molar-refractivity contribution in [2.24, 2.45) is 0 Å². The minimum absolute atomic E-state index is 0.457. The smallest absolute Gasteiger partial charge is 0.0700 e. The molecule has 1 aromatic rings. The summed E-state index contributed by atoms with van der Waals surface area (Å²) >= 11 is 1.93. The van der Waals surface area contributed by atoms with Crippen LogP contribution in [0.1, 0.15) is 18.4 Å². The molecule has 0 radical (unpaired) electrons. The quantitative estimate of drug-likeness (QED) is 0.620. The van der Waals surface area contributed by atoms with Crippen LogP contribution < -0.4 is 5.32 Å². The van der Waals surface area contributed by atoms with Gasteiger partial charge >= 0.3 is 0 Å². The number of nitrogens with one attached hydrogen (secondary N) is 1. The summed E-state index contributed by atoms with van der Waals surface area (Å²) < 4.78 is 5.57. The minimum Gasteiger partial charge on any atom is -0.377 e. The third-order valence-electron chi connectivity index (χ3n) is 3.03. The highest BCUT2D eigenvalue weighted by molar-refractivity contribution is 7.99. The second-order valence-corrected chi connectivity index (χ2v) is 5.59. The summed E-state index contributed by atoms with van der Waals surface area (Å²) in [6.45, 7) is 5.18. The molecule has 0 spiro atoms. The summed E-state index contributed by atoms with van der Waals surface area (Å²) in [7, 11) is 0. The first-order valence-electron chi connectivity index (χ1n) is 6.37. The van der Waals surface area contributed by atoms with E-state index >= 15 is 0 Å². The monoisotopic (exact) mass is 251 g/mol. The molecule has 17 heavy (non-hydrogen) atoms. The standard InChI is InChI=1S/C14H21NOS/c1-12-5-2-3-7-14(12)17-10-8-15-11-13-6-4-9-16-13/h2-3,5,7,13,15H,4,6,8-11H2,1H3. The van der Waals surface area contributed by atoms with Gasteiger partial charge in [-0.25, -0.2) is 0 Å². The first-order valence-corrected chi connectivity index (χ1v) is 7.35. The topological polar surface area (TPSA) is 21.3 Å². The van der Waals surface area contributed by atoms with Crippen LogP contribution in [0.15, 0.2) is 29.2 Å². The molecule has 1 unspecified atom stereocenters. The van der Waals surface area contributed by atoms with Gasteiger partial charge in [0.15, 0.2) is 0 Å². The molecule has 0 aliphatic carbocycles. The van der Waals surface area contributed by atoms with Gasteiger partial charge in [-0.1, -0.05) is 18.2 Å². The number of thioether (sulfide) groups is 1. The van der Waals surface area contributed by atoms with Crippen molar-refractivity contribution in [3.63, 3.8) is 0 Å².